The third kappa shape index (κ3) is 5.26. The van der Waals surface area contributed by atoms with E-state index < -0.39 is 11.9 Å². The van der Waals surface area contributed by atoms with Crippen molar-refractivity contribution in [2.75, 3.05) is 28.7 Å². The second kappa shape index (κ2) is 10.2. The van der Waals surface area contributed by atoms with Gasteiger partial charge >= 0.3 is 5.97 Å². The number of benzene rings is 3. The maximum Gasteiger partial charge on any atom is 0.338 e. The number of aryl methyl sites for hydroxylation is 1. The molecule has 2 amide bonds. The monoisotopic (exact) mass is 457 g/mol. The molecule has 1 fully saturated rings. The van der Waals surface area contributed by atoms with Gasteiger partial charge in [-0.3, -0.25) is 9.59 Å². The minimum atomic E-state index is -0.482. The van der Waals surface area contributed by atoms with E-state index in [1.165, 1.54) is 0 Å². The van der Waals surface area contributed by atoms with Crippen molar-refractivity contribution in [3.8, 4) is 0 Å². The summed E-state index contributed by atoms with van der Waals surface area (Å²) in [6.07, 6.45) is 0.124. The van der Waals surface area contributed by atoms with Crippen LogP contribution in [0, 0.1) is 12.8 Å². The molecule has 3 aromatic rings. The molecular formula is C27H27N3O4. The van der Waals surface area contributed by atoms with Crippen LogP contribution in [0.4, 0.5) is 22.7 Å². The lowest BCUT2D eigenvalue weighted by atomic mass is 10.1. The topological polar surface area (TPSA) is 87.7 Å². The highest BCUT2D eigenvalue weighted by molar-refractivity contribution is 6.04. The van der Waals surface area contributed by atoms with Gasteiger partial charge in [-0.15, -0.1) is 0 Å². The van der Waals surface area contributed by atoms with Gasteiger partial charge in [0.15, 0.2) is 0 Å². The molecule has 0 aromatic heterocycles. The van der Waals surface area contributed by atoms with Crippen LogP contribution in [0.5, 0.6) is 0 Å². The second-order valence-electron chi connectivity index (χ2n) is 8.20. The van der Waals surface area contributed by atoms with Gasteiger partial charge in [0.2, 0.25) is 11.8 Å². The molecule has 1 aliphatic rings. The van der Waals surface area contributed by atoms with Crippen molar-refractivity contribution in [3.05, 3.63) is 83.9 Å². The first-order valence-corrected chi connectivity index (χ1v) is 11.3. The number of nitrogens with one attached hydrogen (secondary N) is 2. The number of amides is 2. The number of rotatable bonds is 7. The smallest absolute Gasteiger partial charge is 0.338 e. The Labute approximate surface area is 198 Å². The van der Waals surface area contributed by atoms with Crippen LogP contribution in [-0.2, 0) is 14.3 Å². The SMILES string of the molecule is CCOC(=O)c1ccc(N2CC(C(=O)Nc3ccccc3Nc3ccc(C)cc3)CC2=O)cc1. The molecule has 0 spiro atoms. The first-order valence-electron chi connectivity index (χ1n) is 11.3. The number of anilines is 4. The number of carbonyl (C=O) groups excluding carboxylic acids is 3. The van der Waals surface area contributed by atoms with Crippen LogP contribution >= 0.6 is 0 Å². The predicted molar refractivity (Wildman–Crippen MR) is 132 cm³/mol. The average molecular weight is 458 g/mol. The molecular weight excluding hydrogens is 430 g/mol. The second-order valence-corrected chi connectivity index (χ2v) is 8.20. The van der Waals surface area contributed by atoms with Gasteiger partial charge in [-0.25, -0.2) is 4.79 Å². The van der Waals surface area contributed by atoms with E-state index in [0.29, 0.717) is 23.5 Å². The Bertz CT molecular complexity index is 1190. The maximum atomic E-state index is 13.0. The zero-order valence-electron chi connectivity index (χ0n) is 19.2. The normalized spacial score (nSPS) is 15.2. The van der Waals surface area contributed by atoms with E-state index in [4.69, 9.17) is 4.74 Å². The highest BCUT2D eigenvalue weighted by Crippen LogP contribution is 2.29. The molecule has 0 saturated carbocycles. The van der Waals surface area contributed by atoms with Crippen LogP contribution < -0.4 is 15.5 Å². The van der Waals surface area contributed by atoms with Gasteiger partial charge in [-0.1, -0.05) is 29.8 Å². The lowest BCUT2D eigenvalue weighted by Gasteiger charge is -2.18. The molecule has 0 radical (unpaired) electrons. The van der Waals surface area contributed by atoms with Gasteiger partial charge in [0.25, 0.3) is 0 Å². The predicted octanol–water partition coefficient (Wildman–Crippen LogP) is 4.91. The number of para-hydroxylation sites is 2. The zero-order chi connectivity index (χ0) is 24.1. The molecule has 0 aliphatic carbocycles. The molecule has 0 bridgehead atoms. The van der Waals surface area contributed by atoms with Gasteiger partial charge in [0, 0.05) is 24.3 Å². The van der Waals surface area contributed by atoms with E-state index in [2.05, 4.69) is 10.6 Å². The standard InChI is InChI=1S/C27H27N3O4/c1-3-34-27(33)19-10-14-22(15-11-19)30-17-20(16-25(30)31)26(32)29-24-7-5-4-6-23(24)28-21-12-8-18(2)9-13-21/h4-15,20,28H,3,16-17H2,1-2H3,(H,29,32). The molecule has 34 heavy (non-hydrogen) atoms. The fraction of sp³-hybridized carbons (Fsp3) is 0.222. The molecule has 174 valence electrons. The number of nitrogens with zero attached hydrogens (tertiary/aromatic N) is 1. The van der Waals surface area contributed by atoms with Gasteiger partial charge in [-0.2, -0.15) is 0 Å². The third-order valence-corrected chi connectivity index (χ3v) is 5.70. The summed E-state index contributed by atoms with van der Waals surface area (Å²) >= 11 is 0. The van der Waals surface area contributed by atoms with Crippen molar-refractivity contribution in [1.82, 2.24) is 0 Å². The van der Waals surface area contributed by atoms with Crippen LogP contribution in [0.15, 0.2) is 72.8 Å². The van der Waals surface area contributed by atoms with Gasteiger partial charge in [-0.05, 0) is 62.4 Å². The minimum Gasteiger partial charge on any atom is -0.462 e. The number of hydrogen-bond donors (Lipinski definition) is 2. The Morgan fingerprint density at radius 1 is 0.971 bits per heavy atom. The molecule has 3 aromatic carbocycles. The van der Waals surface area contributed by atoms with Crippen molar-refractivity contribution >= 4 is 40.5 Å². The van der Waals surface area contributed by atoms with Crippen molar-refractivity contribution in [3.63, 3.8) is 0 Å². The van der Waals surface area contributed by atoms with E-state index in [-0.39, 0.29) is 24.8 Å². The summed E-state index contributed by atoms with van der Waals surface area (Å²) in [5.41, 5.74) is 4.58. The quantitative estimate of drug-likeness (QED) is 0.493. The highest BCUT2D eigenvalue weighted by Gasteiger charge is 2.35. The number of esters is 1. The molecule has 1 atom stereocenters. The Balaban J connectivity index is 1.42. The van der Waals surface area contributed by atoms with Crippen molar-refractivity contribution in [2.24, 2.45) is 5.92 Å². The minimum absolute atomic E-state index is 0.124. The Hall–Kier alpha value is -4.13. The highest BCUT2D eigenvalue weighted by atomic mass is 16.5. The van der Waals surface area contributed by atoms with E-state index in [0.717, 1.165) is 16.9 Å². The molecule has 4 rings (SSSR count). The summed E-state index contributed by atoms with van der Waals surface area (Å²) < 4.78 is 4.99. The summed E-state index contributed by atoms with van der Waals surface area (Å²) in [5, 5.41) is 6.31. The van der Waals surface area contributed by atoms with Crippen LogP contribution in [0.3, 0.4) is 0 Å². The largest absolute Gasteiger partial charge is 0.462 e. The third-order valence-electron chi connectivity index (χ3n) is 5.70. The van der Waals surface area contributed by atoms with Gasteiger partial charge in [0.05, 0.1) is 29.5 Å². The Kier molecular flexibility index (Phi) is 6.92. The van der Waals surface area contributed by atoms with Crippen LogP contribution in [0.25, 0.3) is 0 Å². The molecule has 1 heterocycles. The summed E-state index contributed by atoms with van der Waals surface area (Å²) in [6.45, 7) is 4.35. The Morgan fingerprint density at radius 2 is 1.65 bits per heavy atom. The molecule has 7 heteroatoms. The summed E-state index contributed by atoms with van der Waals surface area (Å²) in [6, 6.07) is 22.1. The summed E-state index contributed by atoms with van der Waals surface area (Å²) in [5.74, 6) is -1.23. The summed E-state index contributed by atoms with van der Waals surface area (Å²) in [7, 11) is 0. The zero-order valence-corrected chi connectivity index (χ0v) is 19.2. The average Bonchev–Trinajstić information content (AvgIpc) is 3.24. The fourth-order valence-corrected chi connectivity index (χ4v) is 3.85. The molecule has 7 nitrogen and oxygen atoms in total. The number of ether oxygens (including phenoxy) is 1. The number of hydrogen-bond acceptors (Lipinski definition) is 5. The van der Waals surface area contributed by atoms with Crippen molar-refractivity contribution < 1.29 is 19.1 Å². The first kappa shape index (κ1) is 23.0. The maximum absolute atomic E-state index is 13.0. The fourth-order valence-electron chi connectivity index (χ4n) is 3.85. The molecule has 1 unspecified atom stereocenters. The van der Waals surface area contributed by atoms with E-state index in [9.17, 15) is 14.4 Å². The van der Waals surface area contributed by atoms with Crippen LogP contribution in [0.1, 0.15) is 29.3 Å². The number of carbonyl (C=O) groups is 3. The van der Waals surface area contributed by atoms with Gasteiger partial charge in [0.1, 0.15) is 0 Å². The van der Waals surface area contributed by atoms with E-state index in [1.54, 1.807) is 36.1 Å². The lowest BCUT2D eigenvalue weighted by Crippen LogP contribution is -2.28. The van der Waals surface area contributed by atoms with Gasteiger partial charge < -0.3 is 20.3 Å². The molecule has 1 aliphatic heterocycles. The summed E-state index contributed by atoms with van der Waals surface area (Å²) in [4.78, 5) is 39.1. The molecule has 1 saturated heterocycles. The lowest BCUT2D eigenvalue weighted by molar-refractivity contribution is -0.122. The van der Waals surface area contributed by atoms with E-state index >= 15 is 0 Å². The Morgan fingerprint density at radius 3 is 2.32 bits per heavy atom. The van der Waals surface area contributed by atoms with Crippen molar-refractivity contribution in [1.29, 1.82) is 0 Å². The van der Waals surface area contributed by atoms with Crippen LogP contribution in [-0.4, -0.2) is 30.9 Å². The first-order chi connectivity index (χ1) is 16.4. The van der Waals surface area contributed by atoms with E-state index in [1.807, 2.05) is 55.5 Å². The van der Waals surface area contributed by atoms with Crippen LogP contribution in [0.2, 0.25) is 0 Å². The van der Waals surface area contributed by atoms with Crippen molar-refractivity contribution in [2.45, 2.75) is 20.3 Å². The molecule has 2 N–H and O–H groups in total.